The smallest absolute Gasteiger partial charge is 0.237 e. The molecule has 0 aromatic heterocycles. The molecule has 118 valence electrons. The van der Waals surface area contributed by atoms with Crippen LogP contribution in [0.5, 0.6) is 0 Å². The summed E-state index contributed by atoms with van der Waals surface area (Å²) < 4.78 is 0. The SMILES string of the molecule is CC(C)NC(C)(CCN(C)C1CCCCC1C)C(N)=O. The molecule has 3 unspecified atom stereocenters. The van der Waals surface area contributed by atoms with Gasteiger partial charge in [0.05, 0.1) is 5.54 Å². The molecule has 1 aliphatic carbocycles. The van der Waals surface area contributed by atoms with Gasteiger partial charge in [-0.2, -0.15) is 0 Å². The monoisotopic (exact) mass is 283 g/mol. The molecule has 1 rings (SSSR count). The summed E-state index contributed by atoms with van der Waals surface area (Å²) in [6, 6.07) is 0.909. The Labute approximate surface area is 124 Å². The first-order chi connectivity index (χ1) is 9.26. The summed E-state index contributed by atoms with van der Waals surface area (Å²) in [5.41, 5.74) is 4.98. The van der Waals surface area contributed by atoms with Gasteiger partial charge in [0.1, 0.15) is 0 Å². The van der Waals surface area contributed by atoms with Crippen molar-refractivity contribution in [3.8, 4) is 0 Å². The highest BCUT2D eigenvalue weighted by Crippen LogP contribution is 2.27. The van der Waals surface area contributed by atoms with Crippen LogP contribution in [0.3, 0.4) is 0 Å². The molecule has 20 heavy (non-hydrogen) atoms. The molecule has 0 saturated heterocycles. The first-order valence-electron chi connectivity index (χ1n) is 8.04. The number of amides is 1. The van der Waals surface area contributed by atoms with Crippen LogP contribution in [0.1, 0.15) is 59.8 Å². The Bertz CT molecular complexity index is 319. The van der Waals surface area contributed by atoms with Gasteiger partial charge < -0.3 is 16.0 Å². The van der Waals surface area contributed by atoms with E-state index in [1.54, 1.807) is 0 Å². The van der Waals surface area contributed by atoms with Crippen molar-refractivity contribution in [1.29, 1.82) is 0 Å². The third kappa shape index (κ3) is 4.74. The number of carbonyl (C=O) groups is 1. The Balaban J connectivity index is 2.56. The molecule has 0 aromatic carbocycles. The van der Waals surface area contributed by atoms with Gasteiger partial charge in [-0.25, -0.2) is 0 Å². The van der Waals surface area contributed by atoms with Gasteiger partial charge in [-0.1, -0.05) is 19.8 Å². The van der Waals surface area contributed by atoms with Gasteiger partial charge in [0.25, 0.3) is 0 Å². The molecule has 0 aromatic rings. The summed E-state index contributed by atoms with van der Waals surface area (Å²) in [7, 11) is 2.18. The van der Waals surface area contributed by atoms with E-state index in [2.05, 4.69) is 24.2 Å². The van der Waals surface area contributed by atoms with Crippen LogP contribution in [0.2, 0.25) is 0 Å². The zero-order chi connectivity index (χ0) is 15.3. The number of nitrogens with one attached hydrogen (secondary N) is 1. The Kier molecular flexibility index (Phi) is 6.46. The van der Waals surface area contributed by atoms with E-state index in [9.17, 15) is 4.79 Å². The van der Waals surface area contributed by atoms with Crippen LogP contribution in [0, 0.1) is 5.92 Å². The van der Waals surface area contributed by atoms with Gasteiger partial charge >= 0.3 is 0 Å². The van der Waals surface area contributed by atoms with E-state index in [4.69, 9.17) is 5.73 Å². The second kappa shape index (κ2) is 7.41. The molecular formula is C16H33N3O. The lowest BCUT2D eigenvalue weighted by Crippen LogP contribution is -2.57. The number of nitrogens with zero attached hydrogens (tertiary/aromatic N) is 1. The van der Waals surface area contributed by atoms with E-state index < -0.39 is 5.54 Å². The quantitative estimate of drug-likeness (QED) is 0.752. The van der Waals surface area contributed by atoms with Gasteiger partial charge in [0, 0.05) is 18.6 Å². The van der Waals surface area contributed by atoms with E-state index in [0.29, 0.717) is 6.04 Å². The molecule has 4 heteroatoms. The molecule has 4 nitrogen and oxygen atoms in total. The fraction of sp³-hybridized carbons (Fsp3) is 0.938. The number of nitrogens with two attached hydrogens (primary N) is 1. The fourth-order valence-electron chi connectivity index (χ4n) is 3.42. The summed E-state index contributed by atoms with van der Waals surface area (Å²) in [6.07, 6.45) is 6.06. The largest absolute Gasteiger partial charge is 0.368 e. The number of hydrogen-bond acceptors (Lipinski definition) is 3. The molecule has 3 atom stereocenters. The highest BCUT2D eigenvalue weighted by Gasteiger charge is 2.33. The molecule has 3 N–H and O–H groups in total. The van der Waals surface area contributed by atoms with Crippen molar-refractivity contribution >= 4 is 5.91 Å². The Morgan fingerprint density at radius 3 is 2.50 bits per heavy atom. The summed E-state index contributed by atoms with van der Waals surface area (Å²) in [5, 5.41) is 3.32. The van der Waals surface area contributed by atoms with Crippen LogP contribution in [0.4, 0.5) is 0 Å². The van der Waals surface area contributed by atoms with Gasteiger partial charge in [-0.15, -0.1) is 0 Å². The van der Waals surface area contributed by atoms with Crippen molar-refractivity contribution in [2.75, 3.05) is 13.6 Å². The van der Waals surface area contributed by atoms with Gasteiger partial charge in [-0.3, -0.25) is 4.79 Å². The molecule has 0 bridgehead atoms. The Morgan fingerprint density at radius 2 is 2.00 bits per heavy atom. The van der Waals surface area contributed by atoms with Crippen LogP contribution in [0.15, 0.2) is 0 Å². The molecule has 1 amide bonds. The molecule has 0 heterocycles. The average Bonchev–Trinajstić information content (AvgIpc) is 2.35. The predicted molar refractivity (Wildman–Crippen MR) is 84.5 cm³/mol. The summed E-state index contributed by atoms with van der Waals surface area (Å²) in [4.78, 5) is 14.2. The van der Waals surface area contributed by atoms with Gasteiger partial charge in [0.15, 0.2) is 0 Å². The maximum absolute atomic E-state index is 11.8. The van der Waals surface area contributed by atoms with Crippen LogP contribution in [-0.4, -0.2) is 42.0 Å². The molecular weight excluding hydrogens is 250 g/mol. The van der Waals surface area contributed by atoms with E-state index in [-0.39, 0.29) is 11.9 Å². The van der Waals surface area contributed by atoms with E-state index in [0.717, 1.165) is 18.9 Å². The molecule has 0 spiro atoms. The highest BCUT2D eigenvalue weighted by atomic mass is 16.1. The van der Waals surface area contributed by atoms with Crippen LogP contribution in [0.25, 0.3) is 0 Å². The number of primary amides is 1. The lowest BCUT2D eigenvalue weighted by molar-refractivity contribution is -0.124. The van der Waals surface area contributed by atoms with Crippen LogP contribution in [-0.2, 0) is 4.79 Å². The third-order valence-electron chi connectivity index (χ3n) is 4.75. The molecule has 1 saturated carbocycles. The second-order valence-corrected chi connectivity index (χ2v) is 7.06. The van der Waals surface area contributed by atoms with Crippen LogP contribution < -0.4 is 11.1 Å². The predicted octanol–water partition coefficient (Wildman–Crippen LogP) is 2.13. The minimum Gasteiger partial charge on any atom is -0.368 e. The normalized spacial score (nSPS) is 26.8. The summed E-state index contributed by atoms with van der Waals surface area (Å²) >= 11 is 0. The molecule has 1 fully saturated rings. The van der Waals surface area contributed by atoms with Crippen molar-refractivity contribution < 1.29 is 4.79 Å². The minimum atomic E-state index is -0.611. The second-order valence-electron chi connectivity index (χ2n) is 7.06. The lowest BCUT2D eigenvalue weighted by Gasteiger charge is -2.38. The average molecular weight is 283 g/mol. The number of carbonyl (C=O) groups excluding carboxylic acids is 1. The van der Waals surface area contributed by atoms with E-state index in [1.165, 1.54) is 25.7 Å². The molecule has 0 radical (unpaired) electrons. The molecule has 1 aliphatic rings. The zero-order valence-corrected chi connectivity index (χ0v) is 13.9. The lowest BCUT2D eigenvalue weighted by atomic mass is 9.84. The first-order valence-corrected chi connectivity index (χ1v) is 8.04. The topological polar surface area (TPSA) is 58.4 Å². The highest BCUT2D eigenvalue weighted by molar-refractivity contribution is 5.84. The number of rotatable bonds is 7. The van der Waals surface area contributed by atoms with E-state index in [1.807, 2.05) is 20.8 Å². The van der Waals surface area contributed by atoms with Crippen molar-refractivity contribution in [3.63, 3.8) is 0 Å². The van der Waals surface area contributed by atoms with Crippen molar-refractivity contribution in [1.82, 2.24) is 10.2 Å². The fourth-order valence-corrected chi connectivity index (χ4v) is 3.42. The summed E-state index contributed by atoms with van der Waals surface area (Å²) in [6.45, 7) is 9.28. The van der Waals surface area contributed by atoms with Crippen LogP contribution >= 0.6 is 0 Å². The van der Waals surface area contributed by atoms with Crippen molar-refractivity contribution in [2.45, 2.75) is 77.4 Å². The Morgan fingerprint density at radius 1 is 1.40 bits per heavy atom. The van der Waals surface area contributed by atoms with Gasteiger partial charge in [-0.05, 0) is 53.0 Å². The zero-order valence-electron chi connectivity index (χ0n) is 13.9. The maximum atomic E-state index is 11.8. The van der Waals surface area contributed by atoms with Gasteiger partial charge in [0.2, 0.25) is 5.91 Å². The standard InChI is InChI=1S/C16H33N3O/c1-12(2)18-16(4,15(17)20)10-11-19(5)14-9-7-6-8-13(14)3/h12-14,18H,6-11H2,1-5H3,(H2,17,20). The Hall–Kier alpha value is -0.610. The summed E-state index contributed by atoms with van der Waals surface area (Å²) in [5.74, 6) is 0.503. The third-order valence-corrected chi connectivity index (χ3v) is 4.75. The molecule has 0 aliphatic heterocycles. The minimum absolute atomic E-state index is 0.253. The maximum Gasteiger partial charge on any atom is 0.237 e. The van der Waals surface area contributed by atoms with Crippen molar-refractivity contribution in [3.05, 3.63) is 0 Å². The number of hydrogen-bond donors (Lipinski definition) is 2. The van der Waals surface area contributed by atoms with E-state index >= 15 is 0 Å². The first kappa shape index (κ1) is 17.4. The van der Waals surface area contributed by atoms with Crippen molar-refractivity contribution in [2.24, 2.45) is 11.7 Å².